The molecule has 0 N–H and O–H groups in total. The third kappa shape index (κ3) is 3.50. The van der Waals surface area contributed by atoms with Gasteiger partial charge < -0.3 is 4.57 Å². The third-order valence-electron chi connectivity index (χ3n) is 5.60. The van der Waals surface area contributed by atoms with Gasteiger partial charge in [-0.15, -0.1) is 11.3 Å². The Hall–Kier alpha value is -3.06. The lowest BCUT2D eigenvalue weighted by molar-refractivity contribution is 0.0970. The van der Waals surface area contributed by atoms with E-state index in [0.29, 0.717) is 22.3 Å². The number of benzene rings is 1. The van der Waals surface area contributed by atoms with Gasteiger partial charge in [-0.25, -0.2) is 9.37 Å². The van der Waals surface area contributed by atoms with E-state index in [0.717, 1.165) is 27.4 Å². The fourth-order valence-corrected chi connectivity index (χ4v) is 4.71. The van der Waals surface area contributed by atoms with E-state index in [4.69, 9.17) is 0 Å². The highest BCUT2D eigenvalue weighted by Crippen LogP contribution is 2.25. The molecule has 0 radical (unpaired) electrons. The molecule has 0 aliphatic carbocycles. The zero-order chi connectivity index (χ0) is 21.6. The first-order valence-electron chi connectivity index (χ1n) is 9.65. The summed E-state index contributed by atoms with van der Waals surface area (Å²) in [5.41, 5.74) is 4.03. The third-order valence-corrected chi connectivity index (χ3v) is 6.71. The molecular formula is C23H22FN3O2S. The number of ketones is 1. The summed E-state index contributed by atoms with van der Waals surface area (Å²) in [6.07, 6.45) is 1.45. The number of aryl methyl sites for hydroxylation is 3. The summed E-state index contributed by atoms with van der Waals surface area (Å²) >= 11 is 1.49. The molecule has 0 atom stereocenters. The minimum Gasteiger partial charge on any atom is -0.344 e. The molecule has 3 heterocycles. The second kappa shape index (κ2) is 7.65. The van der Waals surface area contributed by atoms with Crippen molar-refractivity contribution in [3.63, 3.8) is 0 Å². The summed E-state index contributed by atoms with van der Waals surface area (Å²) in [6, 6.07) is 8.18. The van der Waals surface area contributed by atoms with Crippen LogP contribution in [0.4, 0.5) is 4.39 Å². The molecule has 154 valence electrons. The fraction of sp³-hybridized carbons (Fsp3) is 0.261. The van der Waals surface area contributed by atoms with Crippen LogP contribution in [0.5, 0.6) is 0 Å². The maximum atomic E-state index is 13.2. The molecule has 0 amide bonds. The Bertz CT molecular complexity index is 1330. The van der Waals surface area contributed by atoms with Crippen LogP contribution in [-0.2, 0) is 13.1 Å². The highest BCUT2D eigenvalue weighted by atomic mass is 32.1. The highest BCUT2D eigenvalue weighted by molar-refractivity contribution is 7.18. The Labute approximate surface area is 177 Å². The van der Waals surface area contributed by atoms with Crippen molar-refractivity contribution >= 4 is 27.3 Å². The van der Waals surface area contributed by atoms with E-state index in [1.807, 2.05) is 38.3 Å². The lowest BCUT2D eigenvalue weighted by atomic mass is 10.1. The quantitative estimate of drug-likeness (QED) is 0.442. The van der Waals surface area contributed by atoms with Crippen molar-refractivity contribution in [2.24, 2.45) is 0 Å². The summed E-state index contributed by atoms with van der Waals surface area (Å²) in [4.78, 5) is 32.1. The Morgan fingerprint density at radius 2 is 1.83 bits per heavy atom. The van der Waals surface area contributed by atoms with Crippen molar-refractivity contribution in [3.8, 4) is 0 Å². The molecule has 0 fully saturated rings. The molecule has 0 spiro atoms. The van der Waals surface area contributed by atoms with E-state index in [2.05, 4.69) is 4.98 Å². The molecule has 4 aromatic rings. The van der Waals surface area contributed by atoms with Crippen LogP contribution in [0.3, 0.4) is 0 Å². The minimum absolute atomic E-state index is 0.0586. The number of nitrogens with zero attached hydrogens (tertiary/aromatic N) is 3. The summed E-state index contributed by atoms with van der Waals surface area (Å²) in [5, 5.41) is 0.592. The standard InChI is InChI=1S/C23H22FN3O2S/c1-13-9-19(15(3)27(13)10-17-5-7-18(24)8-6-17)20(28)11-26-12-25-22-21(23(26)29)14(2)16(4)30-22/h5-9,12H,10-11H2,1-4H3. The lowest BCUT2D eigenvalue weighted by Crippen LogP contribution is -2.25. The average Bonchev–Trinajstić information content (AvgIpc) is 3.16. The Morgan fingerprint density at radius 3 is 2.53 bits per heavy atom. The maximum absolute atomic E-state index is 13.2. The topological polar surface area (TPSA) is 56.9 Å². The molecular weight excluding hydrogens is 401 g/mol. The van der Waals surface area contributed by atoms with Gasteiger partial charge in [-0.05, 0) is 57.0 Å². The smallest absolute Gasteiger partial charge is 0.262 e. The largest absolute Gasteiger partial charge is 0.344 e. The van der Waals surface area contributed by atoms with Gasteiger partial charge >= 0.3 is 0 Å². The summed E-state index contributed by atoms with van der Waals surface area (Å²) in [7, 11) is 0. The summed E-state index contributed by atoms with van der Waals surface area (Å²) in [6.45, 7) is 8.19. The predicted octanol–water partition coefficient (Wildman–Crippen LogP) is 4.56. The average molecular weight is 424 g/mol. The first-order chi connectivity index (χ1) is 14.3. The van der Waals surface area contributed by atoms with Crippen molar-refractivity contribution in [1.82, 2.24) is 14.1 Å². The van der Waals surface area contributed by atoms with Gasteiger partial charge in [-0.2, -0.15) is 0 Å². The van der Waals surface area contributed by atoms with E-state index in [9.17, 15) is 14.0 Å². The molecule has 3 aromatic heterocycles. The summed E-state index contributed by atoms with van der Waals surface area (Å²) < 4.78 is 16.6. The normalized spacial score (nSPS) is 11.4. The number of aromatic nitrogens is 3. The van der Waals surface area contributed by atoms with Gasteiger partial charge in [0.25, 0.3) is 5.56 Å². The number of rotatable bonds is 5. The second-order valence-electron chi connectivity index (χ2n) is 7.56. The van der Waals surface area contributed by atoms with Crippen molar-refractivity contribution in [1.29, 1.82) is 0 Å². The van der Waals surface area contributed by atoms with Crippen LogP contribution in [0.2, 0.25) is 0 Å². The van der Waals surface area contributed by atoms with E-state index in [-0.39, 0.29) is 23.7 Å². The second-order valence-corrected chi connectivity index (χ2v) is 8.76. The van der Waals surface area contributed by atoms with Crippen molar-refractivity contribution < 1.29 is 9.18 Å². The Balaban J connectivity index is 1.64. The number of Topliss-reactive ketones (excluding diaryl/α,β-unsaturated/α-hetero) is 1. The minimum atomic E-state index is -0.275. The number of halogens is 1. The fourth-order valence-electron chi connectivity index (χ4n) is 3.72. The number of hydrogen-bond donors (Lipinski definition) is 0. The number of carbonyl (C=O) groups is 1. The Kier molecular flexibility index (Phi) is 5.15. The monoisotopic (exact) mass is 423 g/mol. The van der Waals surface area contributed by atoms with Gasteiger partial charge in [-0.3, -0.25) is 14.2 Å². The molecule has 0 unspecified atom stereocenters. The molecule has 0 bridgehead atoms. The lowest BCUT2D eigenvalue weighted by Gasteiger charge is -2.10. The van der Waals surface area contributed by atoms with Gasteiger partial charge in [0.15, 0.2) is 5.78 Å². The van der Waals surface area contributed by atoms with E-state index in [1.54, 1.807) is 12.1 Å². The van der Waals surface area contributed by atoms with Crippen LogP contribution in [0.1, 0.15) is 37.7 Å². The van der Waals surface area contributed by atoms with Crippen molar-refractivity contribution in [2.75, 3.05) is 0 Å². The zero-order valence-electron chi connectivity index (χ0n) is 17.3. The molecule has 1 aromatic carbocycles. The molecule has 0 saturated heterocycles. The number of fused-ring (bicyclic) bond motifs is 1. The maximum Gasteiger partial charge on any atom is 0.262 e. The first kappa shape index (κ1) is 20.2. The molecule has 7 heteroatoms. The highest BCUT2D eigenvalue weighted by Gasteiger charge is 2.18. The Morgan fingerprint density at radius 1 is 1.13 bits per heavy atom. The van der Waals surface area contributed by atoms with E-state index in [1.165, 1.54) is 34.4 Å². The molecule has 0 saturated carbocycles. The van der Waals surface area contributed by atoms with E-state index < -0.39 is 0 Å². The molecule has 0 aliphatic heterocycles. The van der Waals surface area contributed by atoms with Crippen LogP contribution in [0.25, 0.3) is 10.2 Å². The van der Waals surface area contributed by atoms with Crippen LogP contribution < -0.4 is 5.56 Å². The first-order valence-corrected chi connectivity index (χ1v) is 10.5. The SMILES string of the molecule is Cc1sc2ncn(CC(=O)c3cc(C)n(Cc4ccc(F)cc4)c3C)c(=O)c2c1C. The van der Waals surface area contributed by atoms with Gasteiger partial charge in [0, 0.05) is 28.4 Å². The number of hydrogen-bond acceptors (Lipinski definition) is 4. The van der Waals surface area contributed by atoms with Gasteiger partial charge in [-0.1, -0.05) is 12.1 Å². The van der Waals surface area contributed by atoms with Crippen LogP contribution in [0.15, 0.2) is 41.5 Å². The number of thiophene rings is 1. The van der Waals surface area contributed by atoms with Crippen LogP contribution >= 0.6 is 11.3 Å². The van der Waals surface area contributed by atoms with Gasteiger partial charge in [0.2, 0.25) is 0 Å². The molecule has 5 nitrogen and oxygen atoms in total. The van der Waals surface area contributed by atoms with E-state index >= 15 is 0 Å². The predicted molar refractivity (Wildman–Crippen MR) is 117 cm³/mol. The van der Waals surface area contributed by atoms with Crippen molar-refractivity contribution in [3.05, 3.63) is 85.8 Å². The van der Waals surface area contributed by atoms with Gasteiger partial charge in [0.1, 0.15) is 10.6 Å². The van der Waals surface area contributed by atoms with Crippen LogP contribution in [0, 0.1) is 33.5 Å². The summed E-state index contributed by atoms with van der Waals surface area (Å²) in [5.74, 6) is -0.413. The number of carbonyl (C=O) groups excluding carboxylic acids is 1. The molecule has 0 aliphatic rings. The zero-order valence-corrected chi connectivity index (χ0v) is 18.1. The van der Waals surface area contributed by atoms with Crippen molar-refractivity contribution in [2.45, 2.75) is 40.8 Å². The van der Waals surface area contributed by atoms with Gasteiger partial charge in [0.05, 0.1) is 18.3 Å². The molecule has 4 rings (SSSR count). The van der Waals surface area contributed by atoms with Crippen LogP contribution in [-0.4, -0.2) is 19.9 Å². The molecule has 30 heavy (non-hydrogen) atoms.